The Balaban J connectivity index is 0.000000980. The van der Waals surface area contributed by atoms with Crippen LogP contribution >= 0.6 is 12.4 Å². The Morgan fingerprint density at radius 3 is 2.86 bits per heavy atom. The maximum Gasteiger partial charge on any atom is 0.141 e. The predicted molar refractivity (Wildman–Crippen MR) is 60.0 cm³/mol. The highest BCUT2D eigenvalue weighted by Crippen LogP contribution is 2.22. The molecule has 1 aromatic carbocycles. The Morgan fingerprint density at radius 2 is 2.14 bits per heavy atom. The smallest absolute Gasteiger partial charge is 0.141 e. The number of hydrogen-bond acceptors (Lipinski definition) is 2. The van der Waals surface area contributed by atoms with Gasteiger partial charge in [0.05, 0.1) is 0 Å². The first-order chi connectivity index (χ1) is 6.31. The van der Waals surface area contributed by atoms with Crippen molar-refractivity contribution in [2.75, 3.05) is 0 Å². The van der Waals surface area contributed by atoms with Crippen molar-refractivity contribution >= 4 is 23.3 Å². The van der Waals surface area contributed by atoms with E-state index in [0.717, 1.165) is 11.8 Å². The zero-order valence-electron chi connectivity index (χ0n) is 7.90. The van der Waals surface area contributed by atoms with E-state index < -0.39 is 0 Å². The molecule has 2 nitrogen and oxygen atoms in total. The van der Waals surface area contributed by atoms with Crippen molar-refractivity contribution in [1.29, 1.82) is 0 Å². The Kier molecular flexibility index (Phi) is 3.31. The highest BCUT2D eigenvalue weighted by Gasteiger charge is 2.00. The molecule has 0 fully saturated rings. The summed E-state index contributed by atoms with van der Waals surface area (Å²) < 4.78 is 0. The monoisotopic (exact) mass is 209 g/mol. The number of nitrogens with zero attached hydrogens (tertiary/aromatic N) is 1. The first-order valence-electron chi connectivity index (χ1n) is 4.38. The molecular formula is C11H12ClNO. The average Bonchev–Trinajstić information content (AvgIpc) is 2.18. The fraction of sp³-hybridized carbons (Fsp3) is 0.182. The van der Waals surface area contributed by atoms with E-state index in [2.05, 4.69) is 18.0 Å². The summed E-state index contributed by atoms with van der Waals surface area (Å²) in [4.78, 5) is 4.20. The van der Waals surface area contributed by atoms with E-state index in [-0.39, 0.29) is 18.2 Å². The van der Waals surface area contributed by atoms with Crippen LogP contribution in [0, 0.1) is 0 Å². The number of aryl methyl sites for hydroxylation is 1. The predicted octanol–water partition coefficient (Wildman–Crippen LogP) is 2.92. The number of hydrogen-bond donors (Lipinski definition) is 1. The van der Waals surface area contributed by atoms with Crippen LogP contribution in [-0.4, -0.2) is 10.1 Å². The van der Waals surface area contributed by atoms with E-state index in [1.165, 1.54) is 5.56 Å². The zero-order valence-corrected chi connectivity index (χ0v) is 8.71. The lowest BCUT2D eigenvalue weighted by Crippen LogP contribution is -1.84. The van der Waals surface area contributed by atoms with Crippen molar-refractivity contribution in [3.05, 3.63) is 36.0 Å². The van der Waals surface area contributed by atoms with Gasteiger partial charge >= 0.3 is 0 Å². The summed E-state index contributed by atoms with van der Waals surface area (Å²) in [6.45, 7) is 2.09. The van der Waals surface area contributed by atoms with E-state index in [4.69, 9.17) is 0 Å². The number of aromatic nitrogens is 1. The molecule has 0 saturated heterocycles. The molecule has 3 heteroatoms. The van der Waals surface area contributed by atoms with Gasteiger partial charge in [0, 0.05) is 11.6 Å². The third kappa shape index (κ3) is 1.80. The fourth-order valence-electron chi connectivity index (χ4n) is 1.38. The third-order valence-electron chi connectivity index (χ3n) is 2.15. The van der Waals surface area contributed by atoms with Crippen LogP contribution in [0.5, 0.6) is 5.75 Å². The van der Waals surface area contributed by atoms with Gasteiger partial charge in [0.25, 0.3) is 0 Å². The van der Waals surface area contributed by atoms with Crippen molar-refractivity contribution in [1.82, 2.24) is 4.98 Å². The van der Waals surface area contributed by atoms with Gasteiger partial charge in [-0.3, -0.25) is 4.98 Å². The molecule has 0 saturated carbocycles. The minimum absolute atomic E-state index is 0. The summed E-state index contributed by atoms with van der Waals surface area (Å²) in [7, 11) is 0. The van der Waals surface area contributed by atoms with Crippen LogP contribution in [0.15, 0.2) is 30.5 Å². The molecule has 1 heterocycles. The molecule has 0 aliphatic rings. The van der Waals surface area contributed by atoms with E-state index >= 15 is 0 Å². The van der Waals surface area contributed by atoms with Crippen LogP contribution in [0.25, 0.3) is 10.9 Å². The van der Waals surface area contributed by atoms with Gasteiger partial charge in [-0.2, -0.15) is 0 Å². The van der Waals surface area contributed by atoms with Gasteiger partial charge in [-0.1, -0.05) is 19.1 Å². The molecular weight excluding hydrogens is 198 g/mol. The summed E-state index contributed by atoms with van der Waals surface area (Å²) in [5, 5.41) is 10.5. The molecule has 0 aliphatic heterocycles. The maximum atomic E-state index is 9.47. The molecule has 0 atom stereocenters. The summed E-state index contributed by atoms with van der Waals surface area (Å²) >= 11 is 0. The van der Waals surface area contributed by atoms with Gasteiger partial charge in [-0.25, -0.2) is 0 Å². The van der Waals surface area contributed by atoms with Crippen LogP contribution < -0.4 is 0 Å². The standard InChI is InChI=1S/C11H11NO.ClH/c1-2-8-6-9-4-3-5-10(13)11(9)12-7-8;/h3-7,13H,2H2,1H3;1H. The number of phenolic OH excluding ortho intramolecular Hbond substituents is 1. The summed E-state index contributed by atoms with van der Waals surface area (Å²) in [6, 6.07) is 7.50. The van der Waals surface area contributed by atoms with E-state index in [1.54, 1.807) is 6.07 Å². The van der Waals surface area contributed by atoms with Crippen molar-refractivity contribution < 1.29 is 5.11 Å². The molecule has 0 amide bonds. The Bertz CT molecular complexity index is 442. The lowest BCUT2D eigenvalue weighted by atomic mass is 10.1. The van der Waals surface area contributed by atoms with Crippen LogP contribution in [-0.2, 0) is 6.42 Å². The normalized spacial score (nSPS) is 9.79. The molecule has 1 aromatic heterocycles. The zero-order chi connectivity index (χ0) is 9.26. The van der Waals surface area contributed by atoms with Gasteiger partial charge in [-0.05, 0) is 24.1 Å². The number of fused-ring (bicyclic) bond motifs is 1. The maximum absolute atomic E-state index is 9.47. The molecule has 0 aliphatic carbocycles. The second-order valence-corrected chi connectivity index (χ2v) is 3.05. The molecule has 2 aromatic rings. The largest absolute Gasteiger partial charge is 0.506 e. The van der Waals surface area contributed by atoms with Crippen molar-refractivity contribution in [3.63, 3.8) is 0 Å². The van der Waals surface area contributed by atoms with Gasteiger partial charge in [0.15, 0.2) is 0 Å². The highest BCUT2D eigenvalue weighted by atomic mass is 35.5. The second kappa shape index (κ2) is 4.29. The molecule has 1 N–H and O–H groups in total. The second-order valence-electron chi connectivity index (χ2n) is 3.05. The average molecular weight is 210 g/mol. The fourth-order valence-corrected chi connectivity index (χ4v) is 1.38. The third-order valence-corrected chi connectivity index (χ3v) is 2.15. The topological polar surface area (TPSA) is 33.1 Å². The summed E-state index contributed by atoms with van der Waals surface area (Å²) in [6.07, 6.45) is 2.78. The molecule has 14 heavy (non-hydrogen) atoms. The highest BCUT2D eigenvalue weighted by molar-refractivity contribution is 5.85. The van der Waals surface area contributed by atoms with Crippen molar-refractivity contribution in [2.45, 2.75) is 13.3 Å². The Morgan fingerprint density at radius 1 is 1.36 bits per heavy atom. The first kappa shape index (κ1) is 10.8. The van der Waals surface area contributed by atoms with Gasteiger partial charge in [0.1, 0.15) is 11.3 Å². The van der Waals surface area contributed by atoms with Crippen LogP contribution in [0.4, 0.5) is 0 Å². The molecule has 0 spiro atoms. The number of aromatic hydroxyl groups is 1. The SMILES string of the molecule is CCc1cnc2c(O)cccc2c1.Cl. The molecule has 0 unspecified atom stereocenters. The number of halogens is 1. The molecule has 0 radical (unpaired) electrons. The number of para-hydroxylation sites is 1. The number of phenols is 1. The van der Waals surface area contributed by atoms with Crippen molar-refractivity contribution in [3.8, 4) is 5.75 Å². The van der Waals surface area contributed by atoms with E-state index in [0.29, 0.717) is 5.52 Å². The minimum atomic E-state index is 0. The van der Waals surface area contributed by atoms with E-state index in [1.807, 2.05) is 18.3 Å². The summed E-state index contributed by atoms with van der Waals surface area (Å²) in [5.41, 5.74) is 1.87. The number of rotatable bonds is 1. The Labute approximate surface area is 89.0 Å². The van der Waals surface area contributed by atoms with Crippen LogP contribution in [0.1, 0.15) is 12.5 Å². The van der Waals surface area contributed by atoms with E-state index in [9.17, 15) is 5.11 Å². The van der Waals surface area contributed by atoms with Crippen LogP contribution in [0.2, 0.25) is 0 Å². The number of pyridine rings is 1. The summed E-state index contributed by atoms with van der Waals surface area (Å²) in [5.74, 6) is 0.250. The van der Waals surface area contributed by atoms with Crippen molar-refractivity contribution in [2.24, 2.45) is 0 Å². The molecule has 74 valence electrons. The number of benzene rings is 1. The van der Waals surface area contributed by atoms with Crippen LogP contribution in [0.3, 0.4) is 0 Å². The first-order valence-corrected chi connectivity index (χ1v) is 4.38. The molecule has 2 rings (SSSR count). The van der Waals surface area contributed by atoms with Gasteiger partial charge < -0.3 is 5.11 Å². The quantitative estimate of drug-likeness (QED) is 0.784. The minimum Gasteiger partial charge on any atom is -0.506 e. The molecule has 0 bridgehead atoms. The Hall–Kier alpha value is -1.28. The lowest BCUT2D eigenvalue weighted by Gasteiger charge is -2.01. The van der Waals surface area contributed by atoms with Gasteiger partial charge in [-0.15, -0.1) is 12.4 Å². The lowest BCUT2D eigenvalue weighted by molar-refractivity contribution is 0.480. The van der Waals surface area contributed by atoms with Gasteiger partial charge in [0.2, 0.25) is 0 Å².